The summed E-state index contributed by atoms with van der Waals surface area (Å²) < 4.78 is 0. The summed E-state index contributed by atoms with van der Waals surface area (Å²) in [5, 5.41) is 17.2. The molecule has 2 aromatic rings. The Morgan fingerprint density at radius 2 is 1.74 bits per heavy atom. The number of β-amino-alcohol motifs (C(OH)–C–C–N with tert-alkyl or cyclic N) is 1. The molecule has 0 spiro atoms. The summed E-state index contributed by atoms with van der Waals surface area (Å²) in [6.45, 7) is 5.39. The number of amides is 1. The third-order valence-electron chi connectivity index (χ3n) is 5.41. The summed E-state index contributed by atoms with van der Waals surface area (Å²) >= 11 is 0. The second-order valence-corrected chi connectivity index (χ2v) is 7.78. The van der Waals surface area contributed by atoms with Crippen LogP contribution >= 0.6 is 12.4 Å². The van der Waals surface area contributed by atoms with Crippen LogP contribution in [0.15, 0.2) is 60.7 Å². The quantitative estimate of drug-likeness (QED) is 0.737. The first-order valence-electron chi connectivity index (χ1n) is 9.25. The average Bonchev–Trinajstić information content (AvgIpc) is 2.65. The van der Waals surface area contributed by atoms with Gasteiger partial charge in [-0.1, -0.05) is 74.5 Å². The molecule has 0 saturated carbocycles. The van der Waals surface area contributed by atoms with E-state index in [4.69, 9.17) is 0 Å². The number of aliphatic hydroxyl groups is 1. The minimum absolute atomic E-state index is 0. The number of aliphatic hydroxyl groups excluding tert-OH is 1. The Bertz CT molecular complexity index is 736. The van der Waals surface area contributed by atoms with Gasteiger partial charge in [-0.25, -0.2) is 0 Å². The molecule has 0 unspecified atom stereocenters. The van der Waals surface area contributed by atoms with E-state index in [2.05, 4.69) is 36.6 Å². The van der Waals surface area contributed by atoms with Gasteiger partial charge in [0.05, 0.1) is 11.6 Å². The maximum absolute atomic E-state index is 13.0. The average molecular weight is 389 g/mol. The molecule has 1 amide bonds. The van der Waals surface area contributed by atoms with Crippen molar-refractivity contribution in [2.45, 2.75) is 43.7 Å². The Labute approximate surface area is 167 Å². The Hall–Kier alpha value is -1.88. The van der Waals surface area contributed by atoms with Gasteiger partial charge in [0.25, 0.3) is 0 Å². The van der Waals surface area contributed by atoms with E-state index in [0.29, 0.717) is 19.4 Å². The summed E-state index contributed by atoms with van der Waals surface area (Å²) in [5.74, 6) is -0.0383. The van der Waals surface area contributed by atoms with Gasteiger partial charge in [0, 0.05) is 13.0 Å². The molecule has 1 saturated heterocycles. The van der Waals surface area contributed by atoms with Crippen molar-refractivity contribution >= 4 is 18.3 Å². The Morgan fingerprint density at radius 1 is 1.15 bits per heavy atom. The molecule has 146 valence electrons. The van der Waals surface area contributed by atoms with E-state index in [1.165, 1.54) is 0 Å². The molecule has 3 N–H and O–H groups in total. The van der Waals surface area contributed by atoms with Crippen LogP contribution in [0, 0.1) is 0 Å². The molecule has 3 rings (SSSR count). The van der Waals surface area contributed by atoms with Crippen molar-refractivity contribution in [3.8, 4) is 0 Å². The lowest BCUT2D eigenvalue weighted by molar-refractivity contribution is -0.126. The number of rotatable bonds is 5. The summed E-state index contributed by atoms with van der Waals surface area (Å²) in [4.78, 5) is 13.0. The summed E-state index contributed by atoms with van der Waals surface area (Å²) in [6, 6.07) is 19.9. The molecule has 1 aliphatic rings. The van der Waals surface area contributed by atoms with Gasteiger partial charge in [-0.2, -0.15) is 0 Å². The van der Waals surface area contributed by atoms with Crippen LogP contribution in [-0.4, -0.2) is 30.2 Å². The van der Waals surface area contributed by atoms with Gasteiger partial charge < -0.3 is 15.7 Å². The highest BCUT2D eigenvalue weighted by Crippen LogP contribution is 2.33. The normalized spacial score (nSPS) is 22.6. The molecular weight excluding hydrogens is 360 g/mol. The second-order valence-electron chi connectivity index (χ2n) is 7.78. The van der Waals surface area contributed by atoms with Gasteiger partial charge in [-0.3, -0.25) is 4.79 Å². The number of halogens is 1. The van der Waals surface area contributed by atoms with Crippen LogP contribution in [0.25, 0.3) is 0 Å². The van der Waals surface area contributed by atoms with Gasteiger partial charge in [0.15, 0.2) is 0 Å². The van der Waals surface area contributed by atoms with Crippen LogP contribution in [0.1, 0.15) is 37.8 Å². The lowest BCUT2D eigenvalue weighted by Gasteiger charge is -2.43. The van der Waals surface area contributed by atoms with Gasteiger partial charge in [-0.15, -0.1) is 12.4 Å². The highest BCUT2D eigenvalue weighted by molar-refractivity contribution is 5.85. The van der Waals surface area contributed by atoms with Gasteiger partial charge in [-0.05, 0) is 29.5 Å². The van der Waals surface area contributed by atoms with Crippen LogP contribution in [0.5, 0.6) is 0 Å². The lowest BCUT2D eigenvalue weighted by Crippen LogP contribution is -2.61. The third-order valence-corrected chi connectivity index (χ3v) is 5.41. The molecule has 1 fully saturated rings. The van der Waals surface area contributed by atoms with E-state index in [1.807, 2.05) is 48.5 Å². The van der Waals surface area contributed by atoms with Gasteiger partial charge in [0.1, 0.15) is 0 Å². The summed E-state index contributed by atoms with van der Waals surface area (Å²) in [7, 11) is 0. The SMILES string of the molecule is CC(C)(CC(=O)N[C@]1(c2ccccc2)CCNC[C@H]1O)c1ccccc1.Cl. The third kappa shape index (κ3) is 4.70. The molecule has 2 aromatic carbocycles. The predicted octanol–water partition coefficient (Wildman–Crippen LogP) is 3.14. The van der Waals surface area contributed by atoms with Crippen molar-refractivity contribution < 1.29 is 9.90 Å². The van der Waals surface area contributed by atoms with Crippen LogP contribution in [-0.2, 0) is 15.7 Å². The fourth-order valence-electron chi connectivity index (χ4n) is 3.84. The number of piperidine rings is 1. The van der Waals surface area contributed by atoms with E-state index in [1.54, 1.807) is 0 Å². The molecule has 4 nitrogen and oxygen atoms in total. The first-order valence-corrected chi connectivity index (χ1v) is 9.25. The van der Waals surface area contributed by atoms with E-state index < -0.39 is 11.6 Å². The smallest absolute Gasteiger partial charge is 0.221 e. The molecule has 0 aromatic heterocycles. The van der Waals surface area contributed by atoms with Gasteiger partial charge in [0.2, 0.25) is 5.91 Å². The van der Waals surface area contributed by atoms with Crippen LogP contribution < -0.4 is 10.6 Å². The van der Waals surface area contributed by atoms with E-state index >= 15 is 0 Å². The Balaban J connectivity index is 0.00000261. The number of carbonyl (C=O) groups excluding carboxylic acids is 1. The first kappa shape index (κ1) is 21.4. The maximum atomic E-state index is 13.0. The summed E-state index contributed by atoms with van der Waals surface area (Å²) in [6.07, 6.45) is 0.365. The number of hydrogen-bond donors (Lipinski definition) is 3. The standard InChI is InChI=1S/C22H28N2O2.ClH/c1-21(2,17-9-5-3-6-10-17)15-20(26)24-22(13-14-23-16-19(22)25)18-11-7-4-8-12-18;/h3-12,19,23,25H,13-16H2,1-2H3,(H,24,26);1H/t19-,22+;/m1./s1. The zero-order chi connectivity index (χ0) is 18.6. The Kier molecular flexibility index (Phi) is 7.04. The van der Waals surface area contributed by atoms with Crippen molar-refractivity contribution in [2.75, 3.05) is 13.1 Å². The lowest BCUT2D eigenvalue weighted by atomic mass is 9.77. The molecule has 27 heavy (non-hydrogen) atoms. The monoisotopic (exact) mass is 388 g/mol. The van der Waals surface area contributed by atoms with E-state index in [-0.39, 0.29) is 23.7 Å². The van der Waals surface area contributed by atoms with Gasteiger partial charge >= 0.3 is 0 Å². The first-order chi connectivity index (χ1) is 12.4. The number of benzene rings is 2. The van der Waals surface area contributed by atoms with Crippen LogP contribution in [0.4, 0.5) is 0 Å². The molecule has 0 aliphatic carbocycles. The highest BCUT2D eigenvalue weighted by atomic mass is 35.5. The van der Waals surface area contributed by atoms with Crippen molar-refractivity contribution in [1.29, 1.82) is 0 Å². The van der Waals surface area contributed by atoms with E-state index in [0.717, 1.165) is 17.7 Å². The minimum atomic E-state index is -0.740. The zero-order valence-electron chi connectivity index (χ0n) is 15.9. The van der Waals surface area contributed by atoms with Crippen LogP contribution in [0.3, 0.4) is 0 Å². The van der Waals surface area contributed by atoms with E-state index in [9.17, 15) is 9.90 Å². The van der Waals surface area contributed by atoms with Crippen molar-refractivity contribution in [3.05, 3.63) is 71.8 Å². The van der Waals surface area contributed by atoms with Crippen LogP contribution in [0.2, 0.25) is 0 Å². The molecule has 1 heterocycles. The Morgan fingerprint density at radius 3 is 2.33 bits per heavy atom. The van der Waals surface area contributed by atoms with Crippen molar-refractivity contribution in [2.24, 2.45) is 0 Å². The number of carbonyl (C=O) groups is 1. The fraction of sp³-hybridized carbons (Fsp3) is 0.409. The molecular formula is C22H29ClN2O2. The molecule has 0 radical (unpaired) electrons. The van der Waals surface area contributed by atoms with Crippen molar-refractivity contribution in [1.82, 2.24) is 10.6 Å². The second kappa shape index (κ2) is 8.87. The molecule has 1 aliphatic heterocycles. The minimum Gasteiger partial charge on any atom is -0.389 e. The molecule has 0 bridgehead atoms. The van der Waals surface area contributed by atoms with Crippen molar-refractivity contribution in [3.63, 3.8) is 0 Å². The predicted molar refractivity (Wildman–Crippen MR) is 111 cm³/mol. The molecule has 5 heteroatoms. The number of hydrogen-bond acceptors (Lipinski definition) is 3. The summed E-state index contributed by atoms with van der Waals surface area (Å²) in [5.41, 5.74) is 1.08. The largest absolute Gasteiger partial charge is 0.389 e. The molecule has 2 atom stereocenters. The highest BCUT2D eigenvalue weighted by Gasteiger charge is 2.43. The number of nitrogens with one attached hydrogen (secondary N) is 2. The zero-order valence-corrected chi connectivity index (χ0v) is 16.8. The topological polar surface area (TPSA) is 61.4 Å². The fourth-order valence-corrected chi connectivity index (χ4v) is 3.84. The maximum Gasteiger partial charge on any atom is 0.221 e.